The number of rotatable bonds is 13. The molecule has 1 saturated heterocycles. The third-order valence-electron chi connectivity index (χ3n) is 6.51. The number of esters is 1. The van der Waals surface area contributed by atoms with Gasteiger partial charge in [-0.2, -0.15) is 0 Å². The second kappa shape index (κ2) is 15.2. The Morgan fingerprint density at radius 2 is 1.67 bits per heavy atom. The molecule has 8 nitrogen and oxygen atoms in total. The summed E-state index contributed by atoms with van der Waals surface area (Å²) in [6.07, 6.45) is 2.69. The largest absolute Gasteiger partial charge is 0.496 e. The van der Waals surface area contributed by atoms with Crippen LogP contribution in [0.3, 0.4) is 0 Å². The van der Waals surface area contributed by atoms with E-state index in [4.69, 9.17) is 23.7 Å². The van der Waals surface area contributed by atoms with Gasteiger partial charge in [0.15, 0.2) is 0 Å². The maximum Gasteiger partial charge on any atom is 0.417 e. The summed E-state index contributed by atoms with van der Waals surface area (Å²) in [5.41, 5.74) is 3.12. The SMILES string of the molecule is COc1cc(OC)c(CN(C(=O)OC(C)OC(=O)CCCCC2CCSS2)c2c(C)cccc2C)c(OC)c1. The van der Waals surface area contributed by atoms with Crippen LogP contribution in [0.1, 0.15) is 55.7 Å². The Balaban J connectivity index is 1.73. The number of hydrogen-bond acceptors (Lipinski definition) is 9. The van der Waals surface area contributed by atoms with Gasteiger partial charge in [-0.25, -0.2) is 4.79 Å². The van der Waals surface area contributed by atoms with E-state index < -0.39 is 12.4 Å². The van der Waals surface area contributed by atoms with E-state index in [-0.39, 0.29) is 12.5 Å². The van der Waals surface area contributed by atoms with Crippen LogP contribution in [0.2, 0.25) is 0 Å². The van der Waals surface area contributed by atoms with Crippen molar-refractivity contribution in [2.75, 3.05) is 32.0 Å². The molecular weight excluding hydrogens is 538 g/mol. The minimum Gasteiger partial charge on any atom is -0.496 e. The second-order valence-electron chi connectivity index (χ2n) is 9.35. The first-order valence-electron chi connectivity index (χ1n) is 13.1. The number of anilines is 1. The van der Waals surface area contributed by atoms with E-state index in [1.807, 2.05) is 53.6 Å². The maximum atomic E-state index is 13.6. The third kappa shape index (κ3) is 8.63. The lowest BCUT2D eigenvalue weighted by Gasteiger charge is -2.28. The summed E-state index contributed by atoms with van der Waals surface area (Å²) in [5.74, 6) is 2.40. The third-order valence-corrected chi connectivity index (χ3v) is 9.52. The Morgan fingerprint density at radius 3 is 2.23 bits per heavy atom. The Morgan fingerprint density at radius 1 is 1.00 bits per heavy atom. The molecule has 10 heteroatoms. The minimum absolute atomic E-state index is 0.0962. The highest BCUT2D eigenvalue weighted by Gasteiger charge is 2.27. The number of aryl methyl sites for hydroxylation is 2. The lowest BCUT2D eigenvalue weighted by molar-refractivity contribution is -0.164. The summed E-state index contributed by atoms with van der Waals surface area (Å²) < 4.78 is 27.6. The van der Waals surface area contributed by atoms with Crippen molar-refractivity contribution in [2.45, 2.75) is 71.0 Å². The molecule has 39 heavy (non-hydrogen) atoms. The van der Waals surface area contributed by atoms with Crippen LogP contribution in [0.4, 0.5) is 10.5 Å². The van der Waals surface area contributed by atoms with E-state index in [1.54, 1.807) is 40.4 Å². The summed E-state index contributed by atoms with van der Waals surface area (Å²) >= 11 is 0. The molecule has 214 valence electrons. The zero-order chi connectivity index (χ0) is 28.4. The molecule has 2 unspecified atom stereocenters. The van der Waals surface area contributed by atoms with Gasteiger partial charge in [0, 0.05) is 36.5 Å². The van der Waals surface area contributed by atoms with Gasteiger partial charge in [-0.05, 0) is 44.2 Å². The first-order chi connectivity index (χ1) is 18.8. The Kier molecular flexibility index (Phi) is 12.0. The number of benzene rings is 2. The number of carbonyl (C=O) groups excluding carboxylic acids is 2. The number of methoxy groups -OCH3 is 3. The number of hydrogen-bond donors (Lipinski definition) is 0. The quantitative estimate of drug-likeness (QED) is 0.107. The van der Waals surface area contributed by atoms with Gasteiger partial charge in [0.05, 0.1) is 39.1 Å². The Hall–Kier alpha value is -2.72. The summed E-state index contributed by atoms with van der Waals surface area (Å²) in [5, 5.41) is 0.685. The van der Waals surface area contributed by atoms with Gasteiger partial charge in [0.25, 0.3) is 0 Å². The monoisotopic (exact) mass is 577 g/mol. The van der Waals surface area contributed by atoms with E-state index in [0.717, 1.165) is 30.4 Å². The average Bonchev–Trinajstić information content (AvgIpc) is 3.43. The van der Waals surface area contributed by atoms with Gasteiger partial charge in [-0.15, -0.1) is 0 Å². The molecule has 0 aliphatic carbocycles. The summed E-state index contributed by atoms with van der Waals surface area (Å²) in [6.45, 7) is 5.51. The van der Waals surface area contributed by atoms with Crippen molar-refractivity contribution in [2.24, 2.45) is 0 Å². The number of para-hydroxylation sites is 1. The molecule has 0 spiro atoms. The molecule has 1 aliphatic heterocycles. The molecular formula is C29H39NO7S2. The number of nitrogens with zero attached hydrogens (tertiary/aromatic N) is 1. The Labute approximate surface area is 239 Å². The smallest absolute Gasteiger partial charge is 0.417 e. The van der Waals surface area contributed by atoms with Gasteiger partial charge >= 0.3 is 12.1 Å². The second-order valence-corrected chi connectivity index (χ2v) is 12.1. The fraction of sp³-hybridized carbons (Fsp3) is 0.517. The average molecular weight is 578 g/mol. The fourth-order valence-corrected chi connectivity index (χ4v) is 7.57. The molecule has 0 aromatic heterocycles. The predicted molar refractivity (Wildman–Crippen MR) is 157 cm³/mol. The van der Waals surface area contributed by atoms with Crippen LogP contribution in [0, 0.1) is 13.8 Å². The van der Waals surface area contributed by atoms with Crippen LogP contribution in [-0.4, -0.2) is 50.7 Å². The number of carbonyl (C=O) groups is 2. The highest BCUT2D eigenvalue weighted by Crippen LogP contribution is 2.40. The molecule has 1 amide bonds. The Bertz CT molecular complexity index is 1080. The van der Waals surface area contributed by atoms with Gasteiger partial charge < -0.3 is 23.7 Å². The topological polar surface area (TPSA) is 83.5 Å². The molecule has 2 aromatic rings. The number of amides is 1. The van der Waals surface area contributed by atoms with E-state index in [2.05, 4.69) is 0 Å². The van der Waals surface area contributed by atoms with Gasteiger partial charge in [-0.1, -0.05) is 46.2 Å². The van der Waals surface area contributed by atoms with Crippen LogP contribution in [-0.2, 0) is 20.8 Å². The molecule has 2 aromatic carbocycles. The van der Waals surface area contributed by atoms with Crippen molar-refractivity contribution in [3.8, 4) is 17.2 Å². The van der Waals surface area contributed by atoms with Crippen LogP contribution in [0.15, 0.2) is 30.3 Å². The standard InChI is InChI=1S/C29H39NO7S2/c1-19-10-9-11-20(2)28(19)30(18-24-25(34-5)16-22(33-4)17-26(24)35-6)29(32)37-21(3)36-27(31)13-8-7-12-23-14-15-38-39-23/h9-11,16-17,21,23H,7-8,12-15,18H2,1-6H3. The zero-order valence-corrected chi connectivity index (χ0v) is 25.2. The van der Waals surface area contributed by atoms with Gasteiger partial charge in [0.2, 0.25) is 6.29 Å². The molecule has 3 rings (SSSR count). The van der Waals surface area contributed by atoms with Gasteiger partial charge in [-0.3, -0.25) is 9.69 Å². The van der Waals surface area contributed by atoms with Crippen molar-refractivity contribution < 1.29 is 33.3 Å². The van der Waals surface area contributed by atoms with E-state index in [1.165, 1.54) is 17.1 Å². The molecule has 0 radical (unpaired) electrons. The van der Waals surface area contributed by atoms with E-state index in [0.29, 0.717) is 40.2 Å². The first-order valence-corrected chi connectivity index (χ1v) is 15.5. The predicted octanol–water partition coefficient (Wildman–Crippen LogP) is 7.08. The van der Waals surface area contributed by atoms with Crippen molar-refractivity contribution >= 4 is 39.3 Å². The highest BCUT2D eigenvalue weighted by molar-refractivity contribution is 8.77. The first kappa shape index (κ1) is 30.8. The number of ether oxygens (including phenoxy) is 5. The molecule has 1 heterocycles. The number of unbranched alkanes of at least 4 members (excludes halogenated alkanes) is 1. The van der Waals surface area contributed by atoms with Gasteiger partial charge in [0.1, 0.15) is 17.2 Å². The summed E-state index contributed by atoms with van der Waals surface area (Å²) in [4.78, 5) is 27.5. The summed E-state index contributed by atoms with van der Waals surface area (Å²) in [7, 11) is 8.52. The molecule has 0 N–H and O–H groups in total. The molecule has 0 saturated carbocycles. The van der Waals surface area contributed by atoms with Crippen molar-refractivity contribution in [1.29, 1.82) is 0 Å². The van der Waals surface area contributed by atoms with E-state index in [9.17, 15) is 9.59 Å². The molecule has 1 aliphatic rings. The van der Waals surface area contributed by atoms with Crippen LogP contribution < -0.4 is 19.1 Å². The van der Waals surface area contributed by atoms with Crippen molar-refractivity contribution in [3.05, 3.63) is 47.0 Å². The summed E-state index contributed by atoms with van der Waals surface area (Å²) in [6, 6.07) is 9.26. The zero-order valence-electron chi connectivity index (χ0n) is 23.6. The lowest BCUT2D eigenvalue weighted by Crippen LogP contribution is -2.35. The molecule has 2 atom stereocenters. The molecule has 1 fully saturated rings. The van der Waals surface area contributed by atoms with Crippen LogP contribution >= 0.6 is 21.6 Å². The van der Waals surface area contributed by atoms with Crippen LogP contribution in [0.25, 0.3) is 0 Å². The lowest BCUT2D eigenvalue weighted by atomic mass is 10.1. The van der Waals surface area contributed by atoms with E-state index >= 15 is 0 Å². The highest BCUT2D eigenvalue weighted by atomic mass is 33.1. The van der Waals surface area contributed by atoms with Crippen molar-refractivity contribution in [1.82, 2.24) is 0 Å². The normalized spacial score (nSPS) is 15.4. The fourth-order valence-electron chi connectivity index (χ4n) is 4.54. The molecule has 0 bridgehead atoms. The minimum atomic E-state index is -1.04. The van der Waals surface area contributed by atoms with Crippen LogP contribution in [0.5, 0.6) is 17.2 Å². The van der Waals surface area contributed by atoms with Crippen molar-refractivity contribution in [3.63, 3.8) is 0 Å². The maximum absolute atomic E-state index is 13.6.